The fourth-order valence-corrected chi connectivity index (χ4v) is 2.49. The van der Waals surface area contributed by atoms with Crippen LogP contribution in [0.15, 0.2) is 23.2 Å². The number of likely N-dealkylation sites (tertiary alicyclic amines) is 1. The van der Waals surface area contributed by atoms with Crippen molar-refractivity contribution < 1.29 is 9.13 Å². The lowest BCUT2D eigenvalue weighted by Gasteiger charge is -2.21. The van der Waals surface area contributed by atoms with Gasteiger partial charge >= 0.3 is 0 Å². The molecule has 2 N–H and O–H groups in total. The summed E-state index contributed by atoms with van der Waals surface area (Å²) >= 11 is 0. The molecule has 0 bridgehead atoms. The third-order valence-corrected chi connectivity index (χ3v) is 3.65. The zero-order valence-electron chi connectivity index (χ0n) is 12.6. The minimum atomic E-state index is -0.349. The van der Waals surface area contributed by atoms with Crippen LogP contribution in [-0.4, -0.2) is 30.6 Å². The van der Waals surface area contributed by atoms with Gasteiger partial charge in [0.25, 0.3) is 0 Å². The molecule has 116 valence electrons. The number of hydrogen-bond donors (Lipinski definition) is 1. The summed E-state index contributed by atoms with van der Waals surface area (Å²) in [6.07, 6.45) is 4.84. The van der Waals surface area contributed by atoms with Crippen molar-refractivity contribution in [2.45, 2.75) is 39.2 Å². The van der Waals surface area contributed by atoms with E-state index in [2.05, 4.69) is 9.89 Å². The molecule has 1 aromatic carbocycles. The SMILES string of the molecule is CCOc1ccc(CN=C(N)N2CCCCCC2)cc1F. The molecule has 0 aromatic heterocycles. The Kier molecular flexibility index (Phi) is 5.84. The van der Waals surface area contributed by atoms with E-state index in [1.165, 1.54) is 18.9 Å². The normalized spacial score (nSPS) is 16.7. The van der Waals surface area contributed by atoms with Gasteiger partial charge in [-0.1, -0.05) is 18.9 Å². The lowest BCUT2D eigenvalue weighted by atomic mass is 10.2. The van der Waals surface area contributed by atoms with Crippen LogP contribution in [-0.2, 0) is 6.54 Å². The van der Waals surface area contributed by atoms with E-state index >= 15 is 0 Å². The first kappa shape index (κ1) is 15.6. The first-order chi connectivity index (χ1) is 10.2. The van der Waals surface area contributed by atoms with Gasteiger partial charge in [-0.3, -0.25) is 0 Å². The molecular weight excluding hydrogens is 269 g/mol. The molecule has 2 rings (SSSR count). The molecule has 0 spiro atoms. The number of guanidine groups is 1. The van der Waals surface area contributed by atoms with Crippen LogP contribution in [0.3, 0.4) is 0 Å². The highest BCUT2D eigenvalue weighted by atomic mass is 19.1. The van der Waals surface area contributed by atoms with Gasteiger partial charge in [0.1, 0.15) is 0 Å². The largest absolute Gasteiger partial charge is 0.491 e. The number of nitrogens with two attached hydrogens (primary N) is 1. The van der Waals surface area contributed by atoms with Crippen LogP contribution in [0.4, 0.5) is 4.39 Å². The zero-order valence-corrected chi connectivity index (χ0v) is 12.6. The minimum absolute atomic E-state index is 0.283. The van der Waals surface area contributed by atoms with Crippen LogP contribution in [0.25, 0.3) is 0 Å². The van der Waals surface area contributed by atoms with Gasteiger partial charge in [-0.15, -0.1) is 0 Å². The number of halogens is 1. The second-order valence-corrected chi connectivity index (χ2v) is 5.27. The molecule has 1 aromatic rings. The third kappa shape index (κ3) is 4.62. The average molecular weight is 293 g/mol. The number of hydrogen-bond acceptors (Lipinski definition) is 2. The molecule has 0 saturated carbocycles. The lowest BCUT2D eigenvalue weighted by Crippen LogP contribution is -2.38. The molecule has 0 unspecified atom stereocenters. The maximum absolute atomic E-state index is 13.8. The van der Waals surface area contributed by atoms with E-state index in [1.54, 1.807) is 6.07 Å². The fraction of sp³-hybridized carbons (Fsp3) is 0.562. The summed E-state index contributed by atoms with van der Waals surface area (Å²) in [5.74, 6) is 0.495. The van der Waals surface area contributed by atoms with Crippen molar-refractivity contribution in [3.05, 3.63) is 29.6 Å². The zero-order chi connectivity index (χ0) is 15.1. The third-order valence-electron chi connectivity index (χ3n) is 3.65. The Bertz CT molecular complexity index is 482. The second-order valence-electron chi connectivity index (χ2n) is 5.27. The molecule has 5 heteroatoms. The second kappa shape index (κ2) is 7.86. The highest BCUT2D eigenvalue weighted by molar-refractivity contribution is 5.78. The van der Waals surface area contributed by atoms with Gasteiger partial charge in [0.05, 0.1) is 13.2 Å². The van der Waals surface area contributed by atoms with Crippen LogP contribution < -0.4 is 10.5 Å². The Hall–Kier alpha value is -1.78. The molecule has 1 aliphatic heterocycles. The molecule has 1 fully saturated rings. The molecule has 1 saturated heterocycles. The number of aliphatic imine (C=N–C) groups is 1. The van der Waals surface area contributed by atoms with Crippen molar-refractivity contribution >= 4 is 5.96 Å². The predicted octanol–water partition coefficient (Wildman–Crippen LogP) is 2.92. The molecular formula is C16H24FN3O. The summed E-state index contributed by atoms with van der Waals surface area (Å²) in [6, 6.07) is 4.93. The van der Waals surface area contributed by atoms with E-state index in [-0.39, 0.29) is 11.6 Å². The van der Waals surface area contributed by atoms with Gasteiger partial charge in [-0.05, 0) is 37.5 Å². The number of benzene rings is 1. The van der Waals surface area contributed by atoms with E-state index in [1.807, 2.05) is 13.0 Å². The quantitative estimate of drug-likeness (QED) is 0.686. The van der Waals surface area contributed by atoms with E-state index < -0.39 is 0 Å². The van der Waals surface area contributed by atoms with Crippen LogP contribution in [0.1, 0.15) is 38.2 Å². The number of ether oxygens (including phenoxy) is 1. The Morgan fingerprint density at radius 1 is 1.29 bits per heavy atom. The van der Waals surface area contributed by atoms with Gasteiger partial charge in [-0.2, -0.15) is 0 Å². The highest BCUT2D eigenvalue weighted by Crippen LogP contribution is 2.19. The lowest BCUT2D eigenvalue weighted by molar-refractivity contribution is 0.321. The van der Waals surface area contributed by atoms with E-state index in [4.69, 9.17) is 10.5 Å². The Balaban J connectivity index is 1.97. The standard InChI is InChI=1S/C16H24FN3O/c1-2-21-15-8-7-13(11-14(15)17)12-19-16(18)20-9-5-3-4-6-10-20/h7-8,11H,2-6,9-10,12H2,1H3,(H2,18,19). The van der Waals surface area contributed by atoms with E-state index in [9.17, 15) is 4.39 Å². The van der Waals surface area contributed by atoms with Gasteiger partial charge < -0.3 is 15.4 Å². The molecule has 21 heavy (non-hydrogen) atoms. The van der Waals surface area contributed by atoms with E-state index in [0.717, 1.165) is 31.5 Å². The molecule has 1 heterocycles. The number of rotatable bonds is 4. The molecule has 0 radical (unpaired) electrons. The van der Waals surface area contributed by atoms with Gasteiger partial charge in [-0.25, -0.2) is 9.38 Å². The molecule has 1 aliphatic rings. The summed E-state index contributed by atoms with van der Waals surface area (Å²) in [5, 5.41) is 0. The van der Waals surface area contributed by atoms with E-state index in [0.29, 0.717) is 19.1 Å². The average Bonchev–Trinajstić information content (AvgIpc) is 2.76. The van der Waals surface area contributed by atoms with Crippen molar-refractivity contribution in [2.24, 2.45) is 10.7 Å². The molecule has 0 aliphatic carbocycles. The minimum Gasteiger partial charge on any atom is -0.491 e. The van der Waals surface area contributed by atoms with Gasteiger partial charge in [0, 0.05) is 13.1 Å². The maximum atomic E-state index is 13.8. The Morgan fingerprint density at radius 2 is 2.00 bits per heavy atom. The van der Waals surface area contributed by atoms with Crippen molar-refractivity contribution in [1.29, 1.82) is 0 Å². The van der Waals surface area contributed by atoms with Gasteiger partial charge in [0.2, 0.25) is 0 Å². The molecule has 0 atom stereocenters. The van der Waals surface area contributed by atoms with Crippen LogP contribution >= 0.6 is 0 Å². The highest BCUT2D eigenvalue weighted by Gasteiger charge is 2.11. The monoisotopic (exact) mass is 293 g/mol. The van der Waals surface area contributed by atoms with Crippen molar-refractivity contribution in [3.8, 4) is 5.75 Å². The van der Waals surface area contributed by atoms with Crippen molar-refractivity contribution in [2.75, 3.05) is 19.7 Å². The summed E-state index contributed by atoms with van der Waals surface area (Å²) in [7, 11) is 0. The Labute approximate surface area is 125 Å². The molecule has 0 amide bonds. The van der Waals surface area contributed by atoms with Crippen LogP contribution in [0, 0.1) is 5.82 Å². The summed E-state index contributed by atoms with van der Waals surface area (Å²) < 4.78 is 18.9. The van der Waals surface area contributed by atoms with Crippen molar-refractivity contribution in [3.63, 3.8) is 0 Å². The smallest absolute Gasteiger partial charge is 0.191 e. The Morgan fingerprint density at radius 3 is 2.62 bits per heavy atom. The van der Waals surface area contributed by atoms with Crippen LogP contribution in [0.2, 0.25) is 0 Å². The summed E-state index contributed by atoms with van der Waals surface area (Å²) in [6.45, 7) is 4.61. The first-order valence-electron chi connectivity index (χ1n) is 7.67. The predicted molar refractivity (Wildman–Crippen MR) is 82.9 cm³/mol. The maximum Gasteiger partial charge on any atom is 0.191 e. The van der Waals surface area contributed by atoms with Gasteiger partial charge in [0.15, 0.2) is 17.5 Å². The van der Waals surface area contributed by atoms with Crippen molar-refractivity contribution in [1.82, 2.24) is 4.90 Å². The topological polar surface area (TPSA) is 50.9 Å². The summed E-state index contributed by atoms with van der Waals surface area (Å²) in [5.41, 5.74) is 6.84. The summed E-state index contributed by atoms with van der Waals surface area (Å²) in [4.78, 5) is 6.51. The first-order valence-corrected chi connectivity index (χ1v) is 7.67. The molecule has 4 nitrogen and oxygen atoms in total. The fourth-order valence-electron chi connectivity index (χ4n) is 2.49. The van der Waals surface area contributed by atoms with Crippen LogP contribution in [0.5, 0.6) is 5.75 Å². The number of nitrogens with zero attached hydrogens (tertiary/aromatic N) is 2.